The summed E-state index contributed by atoms with van der Waals surface area (Å²) < 4.78 is 13.3. The number of anilines is 1. The van der Waals surface area contributed by atoms with E-state index in [0.29, 0.717) is 5.92 Å². The molecule has 1 N–H and O–H groups in total. The van der Waals surface area contributed by atoms with Gasteiger partial charge in [-0.2, -0.15) is 0 Å². The summed E-state index contributed by atoms with van der Waals surface area (Å²) in [7, 11) is 0. The Bertz CT molecular complexity index is 433. The van der Waals surface area contributed by atoms with Crippen LogP contribution >= 0.6 is 0 Å². The second-order valence-electron chi connectivity index (χ2n) is 6.16. The van der Waals surface area contributed by atoms with E-state index in [4.69, 9.17) is 0 Å². The van der Waals surface area contributed by atoms with Gasteiger partial charge in [0.05, 0.1) is 0 Å². The lowest BCUT2D eigenvalue weighted by molar-refractivity contribution is 0.343. The molecule has 1 unspecified atom stereocenters. The van der Waals surface area contributed by atoms with Crippen molar-refractivity contribution in [2.45, 2.75) is 63.3 Å². The van der Waals surface area contributed by atoms with Crippen LogP contribution in [0.2, 0.25) is 0 Å². The molecule has 0 radical (unpaired) electrons. The summed E-state index contributed by atoms with van der Waals surface area (Å²) in [5.74, 6) is 0.356. The average Bonchev–Trinajstić information content (AvgIpc) is 2.56. The second-order valence-corrected chi connectivity index (χ2v) is 6.16. The molecule has 98 valence electrons. The molecule has 1 aliphatic heterocycles. The first-order valence-corrected chi connectivity index (χ1v) is 7.26. The van der Waals surface area contributed by atoms with Crippen molar-refractivity contribution in [3.05, 3.63) is 29.6 Å². The van der Waals surface area contributed by atoms with Gasteiger partial charge in [-0.1, -0.05) is 32.6 Å². The predicted octanol–water partition coefficient (Wildman–Crippen LogP) is 4.84. The molecule has 1 saturated carbocycles. The third-order valence-electron chi connectivity index (χ3n) is 4.70. The van der Waals surface area contributed by atoms with Gasteiger partial charge in [0.2, 0.25) is 0 Å². The van der Waals surface area contributed by atoms with Crippen molar-refractivity contribution in [3.8, 4) is 0 Å². The highest BCUT2D eigenvalue weighted by atomic mass is 19.1. The second kappa shape index (κ2) is 4.56. The summed E-state index contributed by atoms with van der Waals surface area (Å²) in [6, 6.07) is 5.21. The van der Waals surface area contributed by atoms with Gasteiger partial charge in [0.1, 0.15) is 5.82 Å². The van der Waals surface area contributed by atoms with Crippen LogP contribution in [0.5, 0.6) is 0 Å². The summed E-state index contributed by atoms with van der Waals surface area (Å²) >= 11 is 0. The van der Waals surface area contributed by atoms with Crippen LogP contribution in [-0.2, 0) is 0 Å². The number of nitrogens with one attached hydrogen (secondary N) is 1. The highest BCUT2D eigenvalue weighted by Gasteiger charge is 2.37. The van der Waals surface area contributed by atoms with Crippen LogP contribution < -0.4 is 5.32 Å². The molecular weight excluding hydrogens is 225 g/mol. The topological polar surface area (TPSA) is 12.0 Å². The minimum absolute atomic E-state index is 0.112. The zero-order chi connectivity index (χ0) is 12.6. The number of hydrogen-bond donors (Lipinski definition) is 1. The maximum Gasteiger partial charge on any atom is 0.123 e. The normalized spacial score (nSPS) is 26.2. The molecule has 0 bridgehead atoms. The number of halogens is 1. The summed E-state index contributed by atoms with van der Waals surface area (Å²) in [5.41, 5.74) is 2.60. The fraction of sp³-hybridized carbons (Fsp3) is 0.625. The van der Waals surface area contributed by atoms with Gasteiger partial charge in [0.25, 0.3) is 0 Å². The van der Waals surface area contributed by atoms with Crippen LogP contribution in [-0.4, -0.2) is 5.54 Å². The Balaban J connectivity index is 1.92. The molecule has 0 saturated heterocycles. The van der Waals surface area contributed by atoms with Crippen LogP contribution in [0, 0.1) is 5.82 Å². The molecule has 0 aromatic heterocycles. The molecule has 3 rings (SSSR count). The third kappa shape index (κ3) is 2.13. The van der Waals surface area contributed by atoms with Crippen molar-refractivity contribution in [2.75, 3.05) is 5.32 Å². The minimum Gasteiger partial charge on any atom is -0.379 e. The molecule has 1 aliphatic carbocycles. The van der Waals surface area contributed by atoms with Crippen LogP contribution in [0.25, 0.3) is 0 Å². The third-order valence-corrected chi connectivity index (χ3v) is 4.70. The Morgan fingerprint density at radius 1 is 1.17 bits per heavy atom. The van der Waals surface area contributed by atoms with Gasteiger partial charge < -0.3 is 5.32 Å². The predicted molar refractivity (Wildman–Crippen MR) is 73.5 cm³/mol. The van der Waals surface area contributed by atoms with Crippen molar-refractivity contribution >= 4 is 5.69 Å². The SMILES string of the molecule is CC1CC2(CCCCCC2)Nc2ccc(F)cc21. The van der Waals surface area contributed by atoms with E-state index >= 15 is 0 Å². The standard InChI is InChI=1S/C16H22FN/c1-12-11-16(8-4-2-3-5-9-16)18-15-7-6-13(17)10-14(12)15/h6-7,10,12,18H,2-5,8-9,11H2,1H3. The van der Waals surface area contributed by atoms with Crippen LogP contribution in [0.15, 0.2) is 18.2 Å². The monoisotopic (exact) mass is 247 g/mol. The fourth-order valence-electron chi connectivity index (χ4n) is 3.82. The van der Waals surface area contributed by atoms with E-state index in [1.165, 1.54) is 38.5 Å². The van der Waals surface area contributed by atoms with Gasteiger partial charge in [0.15, 0.2) is 0 Å². The summed E-state index contributed by atoms with van der Waals surface area (Å²) in [6.07, 6.45) is 9.10. The summed E-state index contributed by atoms with van der Waals surface area (Å²) in [4.78, 5) is 0. The first-order valence-electron chi connectivity index (χ1n) is 7.26. The van der Waals surface area contributed by atoms with Crippen molar-refractivity contribution in [1.29, 1.82) is 0 Å². The van der Waals surface area contributed by atoms with Crippen LogP contribution in [0.1, 0.15) is 63.4 Å². The molecule has 1 nitrogen and oxygen atoms in total. The van der Waals surface area contributed by atoms with Gasteiger partial charge in [-0.3, -0.25) is 0 Å². The Morgan fingerprint density at radius 2 is 1.89 bits per heavy atom. The van der Waals surface area contributed by atoms with Gasteiger partial charge >= 0.3 is 0 Å². The molecule has 18 heavy (non-hydrogen) atoms. The number of rotatable bonds is 0. The van der Waals surface area contributed by atoms with Crippen molar-refractivity contribution < 1.29 is 4.39 Å². The molecule has 2 heteroatoms. The molecule has 1 fully saturated rings. The quantitative estimate of drug-likeness (QED) is 0.692. The molecule has 1 aromatic rings. The first kappa shape index (κ1) is 12.0. The lowest BCUT2D eigenvalue weighted by atomic mass is 9.75. The van der Waals surface area contributed by atoms with E-state index < -0.39 is 0 Å². The van der Waals surface area contributed by atoms with Crippen molar-refractivity contribution in [2.24, 2.45) is 0 Å². The summed E-state index contributed by atoms with van der Waals surface area (Å²) in [6.45, 7) is 2.24. The zero-order valence-corrected chi connectivity index (χ0v) is 11.1. The van der Waals surface area contributed by atoms with E-state index in [2.05, 4.69) is 12.2 Å². The largest absolute Gasteiger partial charge is 0.379 e. The molecule has 1 heterocycles. The molecule has 1 spiro atoms. The average molecular weight is 247 g/mol. The smallest absolute Gasteiger partial charge is 0.123 e. The molecule has 1 atom stereocenters. The zero-order valence-electron chi connectivity index (χ0n) is 11.1. The Morgan fingerprint density at radius 3 is 2.61 bits per heavy atom. The highest BCUT2D eigenvalue weighted by Crippen LogP contribution is 2.44. The van der Waals surface area contributed by atoms with Crippen molar-refractivity contribution in [3.63, 3.8) is 0 Å². The van der Waals surface area contributed by atoms with Gasteiger partial charge in [-0.15, -0.1) is 0 Å². The van der Waals surface area contributed by atoms with Gasteiger partial charge in [-0.25, -0.2) is 4.39 Å². The maximum absolute atomic E-state index is 13.3. The Kier molecular flexibility index (Phi) is 3.04. The number of fused-ring (bicyclic) bond motifs is 1. The molecule has 1 aromatic carbocycles. The van der Waals surface area contributed by atoms with E-state index in [-0.39, 0.29) is 11.4 Å². The lowest BCUT2D eigenvalue weighted by Crippen LogP contribution is -2.42. The van der Waals surface area contributed by atoms with Gasteiger partial charge in [-0.05, 0) is 48.9 Å². The number of hydrogen-bond acceptors (Lipinski definition) is 1. The summed E-state index contributed by atoms with van der Waals surface area (Å²) in [5, 5.41) is 3.74. The lowest BCUT2D eigenvalue weighted by Gasteiger charge is -2.42. The van der Waals surface area contributed by atoms with E-state index in [1.54, 1.807) is 12.1 Å². The first-order chi connectivity index (χ1) is 8.69. The minimum atomic E-state index is -0.112. The van der Waals surface area contributed by atoms with E-state index in [9.17, 15) is 4.39 Å². The molecular formula is C16H22FN. The fourth-order valence-corrected chi connectivity index (χ4v) is 3.82. The molecule has 0 amide bonds. The Hall–Kier alpha value is -1.05. The van der Waals surface area contributed by atoms with E-state index in [1.807, 2.05) is 6.07 Å². The van der Waals surface area contributed by atoms with Crippen LogP contribution in [0.4, 0.5) is 10.1 Å². The number of benzene rings is 1. The van der Waals surface area contributed by atoms with Crippen LogP contribution in [0.3, 0.4) is 0 Å². The van der Waals surface area contributed by atoms with Crippen molar-refractivity contribution in [1.82, 2.24) is 0 Å². The Labute approximate surface area is 109 Å². The van der Waals surface area contributed by atoms with E-state index in [0.717, 1.165) is 17.7 Å². The molecule has 2 aliphatic rings. The highest BCUT2D eigenvalue weighted by molar-refractivity contribution is 5.57. The maximum atomic E-state index is 13.3. The van der Waals surface area contributed by atoms with Gasteiger partial charge in [0, 0.05) is 11.2 Å².